The monoisotopic (exact) mass is 327 g/mol. The maximum atomic E-state index is 6.01. The number of aryl methyl sites for hydroxylation is 1. The van der Waals surface area contributed by atoms with Crippen molar-refractivity contribution in [1.82, 2.24) is 14.9 Å². The summed E-state index contributed by atoms with van der Waals surface area (Å²) in [4.78, 5) is 11.3. The van der Waals surface area contributed by atoms with E-state index in [2.05, 4.69) is 38.8 Å². The minimum Gasteiger partial charge on any atom is -0.473 e. The second-order valence-electron chi connectivity index (χ2n) is 6.52. The second kappa shape index (κ2) is 6.13. The van der Waals surface area contributed by atoms with Gasteiger partial charge in [0.25, 0.3) is 0 Å². The van der Waals surface area contributed by atoms with E-state index in [9.17, 15) is 0 Å². The van der Waals surface area contributed by atoms with Crippen LogP contribution in [0, 0.1) is 6.92 Å². The summed E-state index contributed by atoms with van der Waals surface area (Å²) < 4.78 is 6.39. The number of thioether (sulfide) groups is 1. The minimum absolute atomic E-state index is 0.286. The maximum absolute atomic E-state index is 6.01. The second-order valence-corrected chi connectivity index (χ2v) is 8.01. The molecule has 0 unspecified atom stereocenters. The highest BCUT2D eigenvalue weighted by molar-refractivity contribution is 8.01. The molecule has 0 amide bonds. The van der Waals surface area contributed by atoms with E-state index in [-0.39, 0.29) is 6.10 Å². The lowest BCUT2D eigenvalue weighted by Gasteiger charge is -2.47. The van der Waals surface area contributed by atoms with E-state index in [0.717, 1.165) is 43.4 Å². The Hall–Kier alpha value is -1.59. The molecule has 1 atom stereocenters. The lowest BCUT2D eigenvalue weighted by molar-refractivity contribution is 0.0897. The van der Waals surface area contributed by atoms with Gasteiger partial charge in [-0.1, -0.05) is 12.1 Å². The third-order valence-corrected chi connectivity index (χ3v) is 6.03. The van der Waals surface area contributed by atoms with Crippen molar-refractivity contribution in [3.05, 3.63) is 54.0 Å². The Morgan fingerprint density at radius 2 is 2.17 bits per heavy atom. The van der Waals surface area contributed by atoms with Crippen molar-refractivity contribution in [2.75, 3.05) is 18.8 Å². The van der Waals surface area contributed by atoms with Crippen molar-refractivity contribution >= 4 is 11.8 Å². The Labute approximate surface area is 141 Å². The molecule has 0 bridgehead atoms. The summed E-state index contributed by atoms with van der Waals surface area (Å²) in [6, 6.07) is 12.1. The number of nitrogens with zero attached hydrogens (tertiary/aromatic N) is 3. The van der Waals surface area contributed by atoms with Gasteiger partial charge in [0.1, 0.15) is 6.10 Å². The topological polar surface area (TPSA) is 38.2 Å². The average Bonchev–Trinajstić information content (AvgIpc) is 2.92. The smallest absolute Gasteiger partial charge is 0.213 e. The van der Waals surface area contributed by atoms with Gasteiger partial charge in [-0.05, 0) is 25.1 Å². The van der Waals surface area contributed by atoms with E-state index in [4.69, 9.17) is 4.74 Å². The summed E-state index contributed by atoms with van der Waals surface area (Å²) in [6.45, 7) is 5.27. The van der Waals surface area contributed by atoms with Crippen LogP contribution in [-0.4, -0.2) is 44.6 Å². The Morgan fingerprint density at radius 3 is 2.96 bits per heavy atom. The van der Waals surface area contributed by atoms with Crippen LogP contribution in [0.25, 0.3) is 0 Å². The Balaban J connectivity index is 1.29. The number of ether oxygens (including phenoxy) is 1. The predicted octanol–water partition coefficient (Wildman–Crippen LogP) is 2.92. The maximum Gasteiger partial charge on any atom is 0.213 e. The van der Waals surface area contributed by atoms with Crippen LogP contribution >= 0.6 is 11.8 Å². The van der Waals surface area contributed by atoms with Crippen LogP contribution in [-0.2, 0) is 6.54 Å². The standard InChI is InChI=1S/C18H21N3OS/c1-14-5-4-6-15(20-14)10-21-12-18(13-21)9-16(11-23-18)22-17-7-2-3-8-19-17/h2-8,16H,9-13H2,1H3/t16-/m0/s1. The van der Waals surface area contributed by atoms with E-state index < -0.39 is 0 Å². The SMILES string of the molecule is Cc1cccc(CN2CC3(C[C@H](Oc4ccccn4)CS3)C2)n1. The summed E-state index contributed by atoms with van der Waals surface area (Å²) in [6.07, 6.45) is 3.19. The van der Waals surface area contributed by atoms with E-state index in [1.165, 1.54) is 5.69 Å². The summed E-state index contributed by atoms with van der Waals surface area (Å²) in [5, 5.41) is 0. The van der Waals surface area contributed by atoms with Crippen LogP contribution in [0.4, 0.5) is 0 Å². The molecule has 0 saturated carbocycles. The lowest BCUT2D eigenvalue weighted by atomic mass is 9.93. The molecule has 4 rings (SSSR count). The predicted molar refractivity (Wildman–Crippen MR) is 92.7 cm³/mol. The minimum atomic E-state index is 0.286. The van der Waals surface area contributed by atoms with Gasteiger partial charge in [-0.15, -0.1) is 11.8 Å². The molecule has 2 aliphatic rings. The molecule has 1 spiro atoms. The number of hydrogen-bond donors (Lipinski definition) is 0. The zero-order chi connectivity index (χ0) is 15.7. The van der Waals surface area contributed by atoms with Crippen LogP contribution in [0.1, 0.15) is 17.8 Å². The van der Waals surface area contributed by atoms with Gasteiger partial charge in [-0.25, -0.2) is 4.98 Å². The molecule has 4 heterocycles. The fraction of sp³-hybridized carbons (Fsp3) is 0.444. The van der Waals surface area contributed by atoms with Gasteiger partial charge < -0.3 is 4.74 Å². The van der Waals surface area contributed by atoms with E-state index in [1.54, 1.807) is 6.20 Å². The van der Waals surface area contributed by atoms with Crippen molar-refractivity contribution in [3.63, 3.8) is 0 Å². The highest BCUT2D eigenvalue weighted by Crippen LogP contribution is 2.46. The van der Waals surface area contributed by atoms with Crippen molar-refractivity contribution in [2.45, 2.75) is 30.7 Å². The Bertz CT molecular complexity index is 673. The van der Waals surface area contributed by atoms with Crippen molar-refractivity contribution < 1.29 is 4.74 Å². The molecule has 2 fully saturated rings. The van der Waals surface area contributed by atoms with Crippen molar-refractivity contribution in [1.29, 1.82) is 0 Å². The fourth-order valence-electron chi connectivity index (χ4n) is 3.48. The quantitative estimate of drug-likeness (QED) is 0.863. The van der Waals surface area contributed by atoms with Crippen LogP contribution in [0.2, 0.25) is 0 Å². The highest BCUT2D eigenvalue weighted by Gasteiger charge is 2.49. The first-order chi connectivity index (χ1) is 11.2. The number of rotatable bonds is 4. The molecule has 0 aromatic carbocycles. The van der Waals surface area contributed by atoms with E-state index >= 15 is 0 Å². The number of hydrogen-bond acceptors (Lipinski definition) is 5. The number of likely N-dealkylation sites (tertiary alicyclic amines) is 1. The molecular formula is C18H21N3OS. The number of aromatic nitrogens is 2. The first kappa shape index (κ1) is 15.0. The van der Waals surface area contributed by atoms with Gasteiger partial charge in [0.15, 0.2) is 0 Å². The van der Waals surface area contributed by atoms with Gasteiger partial charge in [-0.3, -0.25) is 9.88 Å². The molecule has 5 heteroatoms. The van der Waals surface area contributed by atoms with Crippen molar-refractivity contribution in [3.8, 4) is 5.88 Å². The first-order valence-electron chi connectivity index (χ1n) is 8.07. The molecule has 23 heavy (non-hydrogen) atoms. The molecule has 0 aliphatic carbocycles. The van der Waals surface area contributed by atoms with E-state index in [0.29, 0.717) is 4.75 Å². The number of pyridine rings is 2. The molecule has 2 aromatic heterocycles. The van der Waals surface area contributed by atoms with Crippen molar-refractivity contribution in [2.24, 2.45) is 0 Å². The molecular weight excluding hydrogens is 306 g/mol. The summed E-state index contributed by atoms with van der Waals surface area (Å²) in [7, 11) is 0. The summed E-state index contributed by atoms with van der Waals surface area (Å²) in [5.74, 6) is 1.81. The van der Waals surface area contributed by atoms with Crippen LogP contribution in [0.5, 0.6) is 5.88 Å². The van der Waals surface area contributed by atoms with Crippen LogP contribution < -0.4 is 4.74 Å². The summed E-state index contributed by atoms with van der Waals surface area (Å²) in [5.41, 5.74) is 2.26. The molecule has 0 radical (unpaired) electrons. The summed E-state index contributed by atoms with van der Waals surface area (Å²) >= 11 is 2.06. The molecule has 120 valence electrons. The fourth-order valence-corrected chi connectivity index (χ4v) is 5.06. The van der Waals surface area contributed by atoms with E-state index in [1.807, 2.05) is 31.2 Å². The Morgan fingerprint density at radius 1 is 1.26 bits per heavy atom. The average molecular weight is 327 g/mol. The van der Waals surface area contributed by atoms with Gasteiger partial charge in [0.2, 0.25) is 5.88 Å². The van der Waals surface area contributed by atoms with Gasteiger partial charge in [0, 0.05) is 54.5 Å². The molecule has 2 aliphatic heterocycles. The molecule has 0 N–H and O–H groups in total. The van der Waals surface area contributed by atoms with Crippen LogP contribution in [0.3, 0.4) is 0 Å². The normalized spacial score (nSPS) is 22.9. The first-order valence-corrected chi connectivity index (χ1v) is 9.06. The lowest BCUT2D eigenvalue weighted by Crippen LogP contribution is -2.58. The Kier molecular flexibility index (Phi) is 3.99. The van der Waals surface area contributed by atoms with Gasteiger partial charge >= 0.3 is 0 Å². The third-order valence-electron chi connectivity index (χ3n) is 4.46. The van der Waals surface area contributed by atoms with Gasteiger partial charge in [0.05, 0.1) is 5.69 Å². The zero-order valence-electron chi connectivity index (χ0n) is 13.3. The third kappa shape index (κ3) is 3.35. The van der Waals surface area contributed by atoms with Gasteiger partial charge in [-0.2, -0.15) is 0 Å². The highest BCUT2D eigenvalue weighted by atomic mass is 32.2. The largest absolute Gasteiger partial charge is 0.473 e. The molecule has 2 saturated heterocycles. The molecule has 2 aromatic rings. The zero-order valence-corrected chi connectivity index (χ0v) is 14.1. The molecule has 4 nitrogen and oxygen atoms in total. The van der Waals surface area contributed by atoms with Crippen LogP contribution in [0.15, 0.2) is 42.6 Å².